The van der Waals surface area contributed by atoms with Crippen molar-refractivity contribution in [3.63, 3.8) is 0 Å². The quantitative estimate of drug-likeness (QED) is 0.918. The average Bonchev–Trinajstić information content (AvgIpc) is 2.45. The number of hydrogen-bond donors (Lipinski definition) is 1. The highest BCUT2D eigenvalue weighted by Crippen LogP contribution is 2.21. The summed E-state index contributed by atoms with van der Waals surface area (Å²) in [6.07, 6.45) is 0. The predicted octanol–water partition coefficient (Wildman–Crippen LogP) is 3.15. The van der Waals surface area contributed by atoms with Gasteiger partial charge in [-0.2, -0.15) is 0 Å². The van der Waals surface area contributed by atoms with Crippen molar-refractivity contribution in [1.82, 2.24) is 0 Å². The summed E-state index contributed by atoms with van der Waals surface area (Å²) in [6.45, 7) is 4.58. The van der Waals surface area contributed by atoms with E-state index in [0.29, 0.717) is 12.3 Å². The summed E-state index contributed by atoms with van der Waals surface area (Å²) in [7, 11) is -1.01. The molecule has 0 bridgehead atoms. The summed E-state index contributed by atoms with van der Waals surface area (Å²) in [5.74, 6) is 0.711. The van der Waals surface area contributed by atoms with E-state index in [2.05, 4.69) is 18.2 Å². The Morgan fingerprint density at radius 2 is 1.80 bits per heavy atom. The van der Waals surface area contributed by atoms with Crippen molar-refractivity contribution in [3.05, 3.63) is 65.2 Å². The highest BCUT2D eigenvalue weighted by Gasteiger charge is 2.16. The van der Waals surface area contributed by atoms with Crippen molar-refractivity contribution >= 4 is 10.8 Å². The molecule has 106 valence electrons. The SMILES string of the molecule is Cc1ccc(S(=O)CC(CN)c2ccccc2)c(C)c1. The van der Waals surface area contributed by atoms with E-state index < -0.39 is 10.8 Å². The Labute approximate surface area is 123 Å². The summed E-state index contributed by atoms with van der Waals surface area (Å²) in [6, 6.07) is 16.1. The lowest BCUT2D eigenvalue weighted by Crippen LogP contribution is -2.19. The van der Waals surface area contributed by atoms with Crippen molar-refractivity contribution in [2.24, 2.45) is 5.73 Å². The van der Waals surface area contributed by atoms with Crippen LogP contribution in [0.4, 0.5) is 0 Å². The monoisotopic (exact) mass is 287 g/mol. The van der Waals surface area contributed by atoms with Gasteiger partial charge in [0.05, 0.1) is 10.8 Å². The van der Waals surface area contributed by atoms with Gasteiger partial charge in [-0.3, -0.25) is 4.21 Å². The van der Waals surface area contributed by atoms with Gasteiger partial charge in [0.2, 0.25) is 0 Å². The van der Waals surface area contributed by atoms with Gasteiger partial charge < -0.3 is 5.73 Å². The predicted molar refractivity (Wildman–Crippen MR) is 85.4 cm³/mol. The molecule has 0 aromatic heterocycles. The Balaban J connectivity index is 2.17. The molecule has 2 aromatic rings. The molecule has 0 amide bonds. The molecular formula is C17H21NOS. The van der Waals surface area contributed by atoms with Crippen molar-refractivity contribution in [3.8, 4) is 0 Å². The molecule has 20 heavy (non-hydrogen) atoms. The molecule has 0 spiro atoms. The fourth-order valence-corrected chi connectivity index (χ4v) is 3.86. The highest BCUT2D eigenvalue weighted by atomic mass is 32.2. The van der Waals surface area contributed by atoms with Gasteiger partial charge >= 0.3 is 0 Å². The van der Waals surface area contributed by atoms with Crippen LogP contribution in [0.25, 0.3) is 0 Å². The summed E-state index contributed by atoms with van der Waals surface area (Å²) in [5, 5.41) is 0. The number of hydrogen-bond acceptors (Lipinski definition) is 2. The molecule has 0 aliphatic rings. The fraction of sp³-hybridized carbons (Fsp3) is 0.294. The van der Waals surface area contributed by atoms with Gasteiger partial charge in [-0.15, -0.1) is 0 Å². The Kier molecular flexibility index (Phi) is 5.10. The van der Waals surface area contributed by atoms with E-state index >= 15 is 0 Å². The second kappa shape index (κ2) is 6.82. The third-order valence-electron chi connectivity index (χ3n) is 3.48. The molecule has 2 rings (SSSR count). The van der Waals surface area contributed by atoms with Crippen LogP contribution in [0.2, 0.25) is 0 Å². The molecule has 2 unspecified atom stereocenters. The maximum absolute atomic E-state index is 12.6. The van der Waals surface area contributed by atoms with E-state index in [9.17, 15) is 4.21 Å². The van der Waals surface area contributed by atoms with Gasteiger partial charge in [-0.25, -0.2) is 0 Å². The first-order valence-corrected chi connectivity index (χ1v) is 8.14. The maximum atomic E-state index is 12.6. The fourth-order valence-electron chi connectivity index (χ4n) is 2.35. The van der Waals surface area contributed by atoms with E-state index in [4.69, 9.17) is 5.73 Å². The maximum Gasteiger partial charge on any atom is 0.0538 e. The molecule has 2 nitrogen and oxygen atoms in total. The van der Waals surface area contributed by atoms with Gasteiger partial charge in [-0.1, -0.05) is 48.0 Å². The molecule has 0 fully saturated rings. The van der Waals surface area contributed by atoms with Crippen molar-refractivity contribution < 1.29 is 4.21 Å². The summed E-state index contributed by atoms with van der Waals surface area (Å²) in [4.78, 5) is 0.921. The van der Waals surface area contributed by atoms with Crippen LogP contribution in [0.5, 0.6) is 0 Å². The van der Waals surface area contributed by atoms with Crippen molar-refractivity contribution in [1.29, 1.82) is 0 Å². The van der Waals surface area contributed by atoms with Crippen LogP contribution in [0, 0.1) is 13.8 Å². The molecule has 0 radical (unpaired) electrons. The Morgan fingerprint density at radius 1 is 1.10 bits per heavy atom. The molecule has 0 saturated carbocycles. The lowest BCUT2D eigenvalue weighted by Gasteiger charge is -2.16. The van der Waals surface area contributed by atoms with Crippen LogP contribution < -0.4 is 5.73 Å². The summed E-state index contributed by atoms with van der Waals surface area (Å²) >= 11 is 0. The van der Waals surface area contributed by atoms with Crippen LogP contribution in [0.3, 0.4) is 0 Å². The molecule has 3 heteroatoms. The topological polar surface area (TPSA) is 43.1 Å². The van der Waals surface area contributed by atoms with Gasteiger partial charge in [0.25, 0.3) is 0 Å². The minimum absolute atomic E-state index is 0.137. The smallest absolute Gasteiger partial charge is 0.0538 e. The van der Waals surface area contributed by atoms with Gasteiger partial charge in [-0.05, 0) is 31.0 Å². The molecule has 0 aliphatic carbocycles. The van der Waals surface area contributed by atoms with E-state index in [1.54, 1.807) is 0 Å². The molecule has 2 N–H and O–H groups in total. The van der Waals surface area contributed by atoms with Crippen LogP contribution in [0.15, 0.2) is 53.4 Å². The molecular weight excluding hydrogens is 266 g/mol. The van der Waals surface area contributed by atoms with Crippen LogP contribution in [-0.4, -0.2) is 16.5 Å². The number of rotatable bonds is 5. The lowest BCUT2D eigenvalue weighted by molar-refractivity contribution is 0.672. The van der Waals surface area contributed by atoms with Crippen LogP contribution in [0.1, 0.15) is 22.6 Å². The van der Waals surface area contributed by atoms with Crippen molar-refractivity contribution in [2.45, 2.75) is 24.7 Å². The largest absolute Gasteiger partial charge is 0.330 e. The Morgan fingerprint density at radius 3 is 2.40 bits per heavy atom. The first-order valence-electron chi connectivity index (χ1n) is 6.82. The Hall–Kier alpha value is -1.45. The minimum Gasteiger partial charge on any atom is -0.330 e. The second-order valence-corrected chi connectivity index (χ2v) is 6.59. The first-order chi connectivity index (χ1) is 9.61. The molecule has 0 saturated heterocycles. The number of aryl methyl sites for hydroxylation is 2. The zero-order chi connectivity index (χ0) is 14.5. The standard InChI is InChI=1S/C17H21NOS/c1-13-8-9-17(14(2)10-13)20(19)12-16(11-18)15-6-4-3-5-7-15/h3-10,16H,11-12,18H2,1-2H3. The molecule has 2 atom stereocenters. The van der Waals surface area contributed by atoms with Crippen molar-refractivity contribution in [2.75, 3.05) is 12.3 Å². The van der Waals surface area contributed by atoms with Gasteiger partial charge in [0.15, 0.2) is 0 Å². The molecule has 2 aromatic carbocycles. The van der Waals surface area contributed by atoms with Gasteiger partial charge in [0.1, 0.15) is 0 Å². The molecule has 0 aliphatic heterocycles. The lowest BCUT2D eigenvalue weighted by atomic mass is 10.0. The normalized spacial score (nSPS) is 13.9. The van der Waals surface area contributed by atoms with E-state index in [1.807, 2.05) is 44.2 Å². The number of benzene rings is 2. The van der Waals surface area contributed by atoms with Gasteiger partial charge in [0, 0.05) is 23.1 Å². The minimum atomic E-state index is -1.01. The summed E-state index contributed by atoms with van der Waals surface area (Å²) in [5.41, 5.74) is 9.31. The third-order valence-corrected chi connectivity index (χ3v) is 5.14. The second-order valence-electron chi connectivity index (χ2n) is 5.12. The first kappa shape index (κ1) is 14.9. The van der Waals surface area contributed by atoms with Crippen LogP contribution >= 0.6 is 0 Å². The van der Waals surface area contributed by atoms with E-state index in [-0.39, 0.29) is 5.92 Å². The molecule has 0 heterocycles. The Bertz CT molecular complexity index is 595. The average molecular weight is 287 g/mol. The van der Waals surface area contributed by atoms with Crippen LogP contribution in [-0.2, 0) is 10.8 Å². The van der Waals surface area contributed by atoms with E-state index in [0.717, 1.165) is 16.0 Å². The highest BCUT2D eigenvalue weighted by molar-refractivity contribution is 7.85. The zero-order valence-electron chi connectivity index (χ0n) is 12.0. The summed E-state index contributed by atoms with van der Waals surface area (Å²) < 4.78 is 12.6. The number of nitrogens with two attached hydrogens (primary N) is 1. The zero-order valence-corrected chi connectivity index (χ0v) is 12.8. The third kappa shape index (κ3) is 3.56. The van der Waals surface area contributed by atoms with E-state index in [1.165, 1.54) is 5.56 Å².